The summed E-state index contributed by atoms with van der Waals surface area (Å²) in [5.41, 5.74) is -2.19. The smallest absolute Gasteiger partial charge is 0.337 e. The lowest BCUT2D eigenvalue weighted by Gasteiger charge is -2.32. The van der Waals surface area contributed by atoms with Gasteiger partial charge < -0.3 is 10.2 Å². The zero-order valence-corrected chi connectivity index (χ0v) is 15.3. The Bertz CT molecular complexity index is 808. The van der Waals surface area contributed by atoms with E-state index in [0.717, 1.165) is 18.7 Å². The van der Waals surface area contributed by atoms with Gasteiger partial charge in [-0.05, 0) is 32.0 Å². The maximum atomic E-state index is 14.0. The average Bonchev–Trinajstić information content (AvgIpc) is 3.06. The highest BCUT2D eigenvalue weighted by Gasteiger charge is 2.42. The molecule has 10 heteroatoms. The number of rotatable bonds is 3. The molecule has 1 fully saturated rings. The van der Waals surface area contributed by atoms with Gasteiger partial charge in [-0.1, -0.05) is 12.1 Å². The first-order valence-electron chi connectivity index (χ1n) is 8.19. The molecule has 1 aromatic carbocycles. The Morgan fingerprint density at radius 1 is 1.30 bits per heavy atom. The zero-order chi connectivity index (χ0) is 18.9. The van der Waals surface area contributed by atoms with Crippen LogP contribution in [0.2, 0.25) is 0 Å². The number of carbonyl (C=O) groups is 1. The van der Waals surface area contributed by atoms with Crippen LogP contribution in [0, 0.1) is 5.82 Å². The van der Waals surface area contributed by atoms with Crippen molar-refractivity contribution in [2.75, 3.05) is 20.1 Å². The van der Waals surface area contributed by atoms with Gasteiger partial charge in [0.2, 0.25) is 0 Å². The Kier molecular flexibility index (Phi) is 6.48. The SMILES string of the molecule is CNC1CCCN(C(=O)c2cnn(-c3ccccc3F)c2C(F)(F)F)C1.Cl. The van der Waals surface area contributed by atoms with E-state index in [2.05, 4.69) is 10.4 Å². The first-order chi connectivity index (χ1) is 12.3. The second-order valence-electron chi connectivity index (χ2n) is 6.15. The Morgan fingerprint density at radius 2 is 2.00 bits per heavy atom. The molecule has 27 heavy (non-hydrogen) atoms. The van der Waals surface area contributed by atoms with Gasteiger partial charge in [-0.15, -0.1) is 12.4 Å². The van der Waals surface area contributed by atoms with Crippen LogP contribution in [0.15, 0.2) is 30.5 Å². The molecule has 0 bridgehead atoms. The van der Waals surface area contributed by atoms with Crippen molar-refractivity contribution < 1.29 is 22.4 Å². The number of likely N-dealkylation sites (tertiary alicyclic amines) is 1. The summed E-state index contributed by atoms with van der Waals surface area (Å²) in [6, 6.07) is 5.03. The monoisotopic (exact) mass is 406 g/mol. The zero-order valence-electron chi connectivity index (χ0n) is 14.5. The predicted molar refractivity (Wildman–Crippen MR) is 93.8 cm³/mol. The van der Waals surface area contributed by atoms with E-state index in [1.807, 2.05) is 0 Å². The standard InChI is InChI=1S/C17H18F4N4O.ClH/c1-22-11-5-4-8-24(10-11)16(26)12-9-23-25(15(12)17(19,20)21)14-7-3-2-6-13(14)18;/h2-3,6-7,9,11,22H,4-5,8,10H2,1H3;1H. The minimum atomic E-state index is -4.86. The number of aromatic nitrogens is 2. The van der Waals surface area contributed by atoms with Crippen molar-refractivity contribution in [3.63, 3.8) is 0 Å². The summed E-state index contributed by atoms with van der Waals surface area (Å²) in [6.45, 7) is 0.691. The normalized spacial score (nSPS) is 17.5. The van der Waals surface area contributed by atoms with E-state index in [1.165, 1.54) is 23.1 Å². The maximum Gasteiger partial charge on any atom is 0.434 e. The third kappa shape index (κ3) is 4.24. The Hall–Kier alpha value is -2.13. The number of benzene rings is 1. The molecule has 1 aromatic heterocycles. The summed E-state index contributed by atoms with van der Waals surface area (Å²) in [6.07, 6.45) is -2.45. The van der Waals surface area contributed by atoms with Gasteiger partial charge in [-0.25, -0.2) is 9.07 Å². The van der Waals surface area contributed by atoms with Crippen molar-refractivity contribution in [1.82, 2.24) is 20.0 Å². The van der Waals surface area contributed by atoms with Gasteiger partial charge in [0.1, 0.15) is 11.5 Å². The van der Waals surface area contributed by atoms with E-state index in [-0.39, 0.29) is 24.1 Å². The topological polar surface area (TPSA) is 50.2 Å². The van der Waals surface area contributed by atoms with Crippen LogP contribution in [0.5, 0.6) is 0 Å². The van der Waals surface area contributed by atoms with Crippen LogP contribution in [-0.2, 0) is 6.18 Å². The van der Waals surface area contributed by atoms with Crippen molar-refractivity contribution in [3.05, 3.63) is 47.5 Å². The van der Waals surface area contributed by atoms with Gasteiger partial charge >= 0.3 is 6.18 Å². The number of hydrogen-bond donors (Lipinski definition) is 1. The minimum Gasteiger partial charge on any atom is -0.337 e. The number of piperidine rings is 1. The number of alkyl halides is 3. The van der Waals surface area contributed by atoms with E-state index >= 15 is 0 Å². The molecule has 0 radical (unpaired) electrons. The molecule has 0 aliphatic carbocycles. The number of halogens is 5. The minimum absolute atomic E-state index is 0. The predicted octanol–water partition coefficient (Wildman–Crippen LogP) is 3.28. The fraction of sp³-hybridized carbons (Fsp3) is 0.412. The molecular formula is C17H19ClF4N4O. The molecule has 5 nitrogen and oxygen atoms in total. The number of amides is 1. The molecule has 0 saturated carbocycles. The summed E-state index contributed by atoms with van der Waals surface area (Å²) < 4.78 is 55.4. The molecule has 0 spiro atoms. The van der Waals surface area contributed by atoms with Gasteiger partial charge in [-0.3, -0.25) is 4.79 Å². The highest BCUT2D eigenvalue weighted by atomic mass is 35.5. The quantitative estimate of drug-likeness (QED) is 0.796. The van der Waals surface area contributed by atoms with E-state index in [9.17, 15) is 22.4 Å². The second kappa shape index (κ2) is 8.26. The van der Waals surface area contributed by atoms with E-state index in [4.69, 9.17) is 0 Å². The van der Waals surface area contributed by atoms with Gasteiger partial charge in [0.25, 0.3) is 5.91 Å². The summed E-state index contributed by atoms with van der Waals surface area (Å²) in [7, 11) is 1.75. The van der Waals surface area contributed by atoms with Crippen molar-refractivity contribution in [2.24, 2.45) is 0 Å². The molecule has 1 N–H and O–H groups in total. The number of carbonyl (C=O) groups excluding carboxylic acids is 1. The Labute approximate surface area is 159 Å². The fourth-order valence-corrected chi connectivity index (χ4v) is 3.15. The first kappa shape index (κ1) is 21.2. The van der Waals surface area contributed by atoms with Gasteiger partial charge in [0.15, 0.2) is 5.69 Å². The van der Waals surface area contributed by atoms with E-state index in [1.54, 1.807) is 7.05 Å². The number of nitrogens with zero attached hydrogens (tertiary/aromatic N) is 3. The number of nitrogens with one attached hydrogen (secondary N) is 1. The van der Waals surface area contributed by atoms with Crippen molar-refractivity contribution in [1.29, 1.82) is 0 Å². The Balaban J connectivity index is 0.00000261. The molecule has 1 unspecified atom stereocenters. The molecule has 3 rings (SSSR count). The lowest BCUT2D eigenvalue weighted by atomic mass is 10.0. The summed E-state index contributed by atoms with van der Waals surface area (Å²) in [4.78, 5) is 14.1. The highest BCUT2D eigenvalue weighted by Crippen LogP contribution is 2.35. The van der Waals surface area contributed by atoms with Crippen LogP contribution in [-0.4, -0.2) is 46.8 Å². The summed E-state index contributed by atoms with van der Waals surface area (Å²) >= 11 is 0. The van der Waals surface area contributed by atoms with Gasteiger partial charge in [0, 0.05) is 19.1 Å². The van der Waals surface area contributed by atoms with Gasteiger partial charge in [0.05, 0.1) is 11.8 Å². The van der Waals surface area contributed by atoms with Crippen molar-refractivity contribution in [3.8, 4) is 5.69 Å². The molecule has 1 amide bonds. The highest BCUT2D eigenvalue weighted by molar-refractivity contribution is 5.95. The first-order valence-corrected chi connectivity index (χ1v) is 8.19. The van der Waals surface area contributed by atoms with Crippen LogP contribution < -0.4 is 5.32 Å². The third-order valence-corrected chi connectivity index (χ3v) is 4.47. The van der Waals surface area contributed by atoms with E-state index in [0.29, 0.717) is 24.2 Å². The molecule has 1 saturated heterocycles. The number of hydrogen-bond acceptors (Lipinski definition) is 3. The lowest BCUT2D eigenvalue weighted by Crippen LogP contribution is -2.47. The molecule has 2 aromatic rings. The van der Waals surface area contributed by atoms with Gasteiger partial charge in [-0.2, -0.15) is 18.3 Å². The van der Waals surface area contributed by atoms with Crippen LogP contribution in [0.25, 0.3) is 5.69 Å². The fourth-order valence-electron chi connectivity index (χ4n) is 3.15. The van der Waals surface area contributed by atoms with Crippen LogP contribution in [0.3, 0.4) is 0 Å². The molecule has 1 atom stereocenters. The number of para-hydroxylation sites is 1. The largest absolute Gasteiger partial charge is 0.434 e. The Morgan fingerprint density at radius 3 is 2.63 bits per heavy atom. The van der Waals surface area contributed by atoms with Crippen molar-refractivity contribution >= 4 is 18.3 Å². The third-order valence-electron chi connectivity index (χ3n) is 4.47. The molecule has 148 valence electrons. The van der Waals surface area contributed by atoms with Crippen LogP contribution in [0.4, 0.5) is 17.6 Å². The molecular weight excluding hydrogens is 388 g/mol. The van der Waals surface area contributed by atoms with Crippen LogP contribution in [0.1, 0.15) is 28.9 Å². The number of likely N-dealkylation sites (N-methyl/N-ethyl adjacent to an activating group) is 1. The molecule has 1 aliphatic heterocycles. The average molecular weight is 407 g/mol. The maximum absolute atomic E-state index is 14.0. The molecule has 1 aliphatic rings. The summed E-state index contributed by atoms with van der Waals surface area (Å²) in [5.74, 6) is -1.60. The molecule has 2 heterocycles. The second-order valence-corrected chi connectivity index (χ2v) is 6.15. The van der Waals surface area contributed by atoms with E-state index < -0.39 is 29.2 Å². The van der Waals surface area contributed by atoms with Crippen LogP contribution >= 0.6 is 12.4 Å². The lowest BCUT2D eigenvalue weighted by molar-refractivity contribution is -0.143. The summed E-state index contributed by atoms with van der Waals surface area (Å²) in [5, 5.41) is 6.70. The van der Waals surface area contributed by atoms with Crippen molar-refractivity contribution in [2.45, 2.75) is 25.1 Å².